The van der Waals surface area contributed by atoms with Gasteiger partial charge in [0, 0.05) is 17.1 Å². The lowest BCUT2D eigenvalue weighted by molar-refractivity contribution is -0.122. The molecule has 1 amide bonds. The summed E-state index contributed by atoms with van der Waals surface area (Å²) in [6, 6.07) is 13.9. The molecule has 0 unspecified atom stereocenters. The number of amides is 1. The molecule has 1 N–H and O–H groups in total. The maximum Gasteiger partial charge on any atom is 0.235 e. The van der Waals surface area contributed by atoms with Crippen molar-refractivity contribution in [3.05, 3.63) is 64.7 Å². The lowest BCUT2D eigenvalue weighted by Gasteiger charge is -2.22. The summed E-state index contributed by atoms with van der Waals surface area (Å²) in [6.07, 6.45) is 1.07. The fourth-order valence-corrected chi connectivity index (χ4v) is 3.58. The number of halogens is 1. The highest BCUT2D eigenvalue weighted by atomic mass is 35.5. The van der Waals surface area contributed by atoms with Gasteiger partial charge in [-0.1, -0.05) is 48.0 Å². The number of benzene rings is 2. The minimum absolute atomic E-state index is 0.0228. The van der Waals surface area contributed by atoms with Gasteiger partial charge in [0.05, 0.1) is 26.0 Å². The lowest BCUT2D eigenvalue weighted by Crippen LogP contribution is -2.40. The number of nitrogens with one attached hydrogen (secondary N) is 1. The number of rotatable bonds is 8. The Morgan fingerprint density at radius 2 is 1.81 bits per heavy atom. The minimum Gasteiger partial charge on any atom is -0.496 e. The maximum atomic E-state index is 12.5. The molecule has 1 atom stereocenters. The second kappa shape index (κ2) is 9.21. The fraction of sp³-hybridized carbons (Fsp3) is 0.316. The van der Waals surface area contributed by atoms with E-state index in [1.54, 1.807) is 37.4 Å². The number of sulfonamides is 1. The highest BCUT2D eigenvalue weighted by Crippen LogP contribution is 2.24. The summed E-state index contributed by atoms with van der Waals surface area (Å²) in [5.41, 5.74) is 1.44. The molecule has 0 saturated carbocycles. The van der Waals surface area contributed by atoms with Crippen molar-refractivity contribution in [3.63, 3.8) is 0 Å². The predicted molar refractivity (Wildman–Crippen MR) is 106 cm³/mol. The van der Waals surface area contributed by atoms with E-state index in [2.05, 4.69) is 5.32 Å². The second-order valence-electron chi connectivity index (χ2n) is 6.15. The van der Waals surface area contributed by atoms with Crippen LogP contribution in [0, 0.1) is 0 Å². The number of methoxy groups -OCH3 is 1. The molecule has 0 saturated heterocycles. The lowest BCUT2D eigenvalue weighted by atomic mass is 10.1. The van der Waals surface area contributed by atoms with Crippen LogP contribution in [0.15, 0.2) is 48.5 Å². The van der Waals surface area contributed by atoms with Crippen molar-refractivity contribution < 1.29 is 17.9 Å². The highest BCUT2D eigenvalue weighted by Gasteiger charge is 2.23. The van der Waals surface area contributed by atoms with Gasteiger partial charge in [-0.3, -0.25) is 4.79 Å². The second-order valence-corrected chi connectivity index (χ2v) is 8.54. The first-order chi connectivity index (χ1) is 12.7. The van der Waals surface area contributed by atoms with Crippen molar-refractivity contribution in [1.82, 2.24) is 9.62 Å². The molecule has 146 valence electrons. The van der Waals surface area contributed by atoms with E-state index >= 15 is 0 Å². The summed E-state index contributed by atoms with van der Waals surface area (Å²) in [7, 11) is -2.04. The molecule has 8 heteroatoms. The highest BCUT2D eigenvalue weighted by molar-refractivity contribution is 7.88. The van der Waals surface area contributed by atoms with Crippen LogP contribution in [0.2, 0.25) is 5.02 Å². The van der Waals surface area contributed by atoms with Gasteiger partial charge >= 0.3 is 0 Å². The number of para-hydroxylation sites is 1. The zero-order valence-electron chi connectivity index (χ0n) is 15.5. The third-order valence-electron chi connectivity index (χ3n) is 4.08. The van der Waals surface area contributed by atoms with E-state index in [4.69, 9.17) is 16.3 Å². The minimum atomic E-state index is -3.60. The Hall–Kier alpha value is -2.09. The molecule has 0 aliphatic carbocycles. The van der Waals surface area contributed by atoms with Crippen molar-refractivity contribution >= 4 is 27.5 Å². The molecule has 0 bridgehead atoms. The zero-order valence-corrected chi connectivity index (χ0v) is 17.0. The number of carbonyl (C=O) groups is 1. The Labute approximate surface area is 165 Å². The van der Waals surface area contributed by atoms with Crippen LogP contribution in [0.4, 0.5) is 0 Å². The number of carbonyl (C=O) groups excluding carboxylic acids is 1. The van der Waals surface area contributed by atoms with E-state index in [1.807, 2.05) is 25.1 Å². The molecule has 0 heterocycles. The molecule has 0 spiro atoms. The van der Waals surface area contributed by atoms with Gasteiger partial charge in [0.2, 0.25) is 15.9 Å². The van der Waals surface area contributed by atoms with Gasteiger partial charge in [0.1, 0.15) is 5.75 Å². The van der Waals surface area contributed by atoms with Crippen molar-refractivity contribution in [2.24, 2.45) is 0 Å². The summed E-state index contributed by atoms with van der Waals surface area (Å²) in [6.45, 7) is 1.53. The molecule has 0 radical (unpaired) electrons. The van der Waals surface area contributed by atoms with E-state index in [-0.39, 0.29) is 19.1 Å². The van der Waals surface area contributed by atoms with Crippen LogP contribution >= 0.6 is 11.6 Å². The van der Waals surface area contributed by atoms with Crippen molar-refractivity contribution in [2.45, 2.75) is 19.5 Å². The monoisotopic (exact) mass is 410 g/mol. The van der Waals surface area contributed by atoms with Crippen molar-refractivity contribution in [2.75, 3.05) is 19.9 Å². The van der Waals surface area contributed by atoms with Crippen LogP contribution in [0.1, 0.15) is 24.1 Å². The number of nitrogens with zero attached hydrogens (tertiary/aromatic N) is 1. The average molecular weight is 411 g/mol. The first-order valence-corrected chi connectivity index (χ1v) is 10.6. The number of hydrogen-bond acceptors (Lipinski definition) is 4. The van der Waals surface area contributed by atoms with Gasteiger partial charge in [-0.2, -0.15) is 4.31 Å². The van der Waals surface area contributed by atoms with Crippen LogP contribution in [0.25, 0.3) is 0 Å². The van der Waals surface area contributed by atoms with Crippen LogP contribution in [0.3, 0.4) is 0 Å². The summed E-state index contributed by atoms with van der Waals surface area (Å²) in [5.74, 6) is 0.243. The Bertz CT molecular complexity index is 902. The zero-order chi connectivity index (χ0) is 20.0. The fourth-order valence-electron chi connectivity index (χ4n) is 2.66. The Morgan fingerprint density at radius 3 is 2.44 bits per heavy atom. The molecule has 0 aliphatic rings. The number of ether oxygens (including phenoxy) is 1. The molecule has 2 aromatic rings. The normalized spacial score (nSPS) is 12.6. The Kier molecular flexibility index (Phi) is 7.24. The topological polar surface area (TPSA) is 75.7 Å². The van der Waals surface area contributed by atoms with Gasteiger partial charge in [-0.25, -0.2) is 8.42 Å². The van der Waals surface area contributed by atoms with Gasteiger partial charge in [-0.15, -0.1) is 0 Å². The maximum absolute atomic E-state index is 12.5. The predicted octanol–water partition coefficient (Wildman–Crippen LogP) is 2.99. The largest absolute Gasteiger partial charge is 0.496 e. The van der Waals surface area contributed by atoms with Crippen molar-refractivity contribution in [3.8, 4) is 5.75 Å². The molecular formula is C19H23ClN2O4S. The summed E-state index contributed by atoms with van der Waals surface area (Å²) >= 11 is 6.12. The van der Waals surface area contributed by atoms with Gasteiger partial charge in [0.25, 0.3) is 0 Å². The van der Waals surface area contributed by atoms with Crippen LogP contribution in [0.5, 0.6) is 5.75 Å². The SMILES string of the molecule is COc1ccccc1[C@H](C)NC(=O)CN(Cc1ccccc1Cl)S(C)(=O)=O. The molecule has 27 heavy (non-hydrogen) atoms. The van der Waals surface area contributed by atoms with E-state index in [1.165, 1.54) is 0 Å². The van der Waals surface area contributed by atoms with E-state index < -0.39 is 15.9 Å². The van der Waals surface area contributed by atoms with Crippen molar-refractivity contribution in [1.29, 1.82) is 0 Å². The van der Waals surface area contributed by atoms with Crippen LogP contribution < -0.4 is 10.1 Å². The summed E-state index contributed by atoms with van der Waals surface area (Å²) < 4.78 is 30.6. The summed E-state index contributed by atoms with van der Waals surface area (Å²) in [4.78, 5) is 12.5. The smallest absolute Gasteiger partial charge is 0.235 e. The Balaban J connectivity index is 2.11. The van der Waals surface area contributed by atoms with E-state index in [0.717, 1.165) is 16.1 Å². The molecule has 2 aromatic carbocycles. The standard InChI is InChI=1S/C19H23ClN2O4S/c1-14(16-9-5-7-11-18(16)26-2)21-19(23)13-22(27(3,24)25)12-15-8-4-6-10-17(15)20/h4-11,14H,12-13H2,1-3H3,(H,21,23)/t14-/m0/s1. The average Bonchev–Trinajstić information content (AvgIpc) is 2.62. The molecule has 0 aromatic heterocycles. The first-order valence-electron chi connectivity index (χ1n) is 8.33. The third kappa shape index (κ3) is 5.95. The van der Waals surface area contributed by atoms with Gasteiger partial charge in [0.15, 0.2) is 0 Å². The van der Waals surface area contributed by atoms with Gasteiger partial charge in [-0.05, 0) is 24.6 Å². The first kappa shape index (κ1) is 21.2. The van der Waals surface area contributed by atoms with Gasteiger partial charge < -0.3 is 10.1 Å². The number of hydrogen-bond donors (Lipinski definition) is 1. The Morgan fingerprint density at radius 1 is 1.19 bits per heavy atom. The van der Waals surface area contributed by atoms with Crippen LogP contribution in [-0.2, 0) is 21.4 Å². The summed E-state index contributed by atoms with van der Waals surface area (Å²) in [5, 5.41) is 3.27. The quantitative estimate of drug-likeness (QED) is 0.725. The molecular weight excluding hydrogens is 388 g/mol. The third-order valence-corrected chi connectivity index (χ3v) is 5.64. The molecule has 0 fully saturated rings. The van der Waals surface area contributed by atoms with E-state index in [0.29, 0.717) is 16.3 Å². The molecule has 0 aliphatic heterocycles. The van der Waals surface area contributed by atoms with E-state index in [9.17, 15) is 13.2 Å². The van der Waals surface area contributed by atoms with Crippen LogP contribution in [-0.4, -0.2) is 38.5 Å². The molecule has 6 nitrogen and oxygen atoms in total. The molecule has 2 rings (SSSR count).